The molecule has 0 bridgehead atoms. The molecule has 1 aliphatic carbocycles. The minimum absolute atomic E-state index is 0.0372. The van der Waals surface area contributed by atoms with E-state index in [2.05, 4.69) is 15.5 Å². The number of phosphoric ester groups is 1. The topological polar surface area (TPSA) is 148 Å². The SMILES string of the molecule is Cc1c(OP(=O)(O)O)cccc1C(=O)NC(Cc1ccccc1)C(O)CN1CC2CCCCC2C[C@H]1C(=O)NC(C)(C)C. The largest absolute Gasteiger partial charge is 0.524 e. The van der Waals surface area contributed by atoms with Crippen molar-refractivity contribution in [2.75, 3.05) is 13.1 Å². The molecule has 1 heterocycles. The zero-order chi connectivity index (χ0) is 31.4. The summed E-state index contributed by atoms with van der Waals surface area (Å²) < 4.78 is 16.2. The zero-order valence-electron chi connectivity index (χ0n) is 25.5. The fourth-order valence-corrected chi connectivity index (χ4v) is 6.93. The summed E-state index contributed by atoms with van der Waals surface area (Å²) in [4.78, 5) is 47.7. The minimum atomic E-state index is -4.82. The number of nitrogens with zero attached hydrogens (tertiary/aromatic N) is 1. The lowest BCUT2D eigenvalue weighted by molar-refractivity contribution is -0.132. The van der Waals surface area contributed by atoms with Crippen LogP contribution in [0.25, 0.3) is 0 Å². The van der Waals surface area contributed by atoms with Crippen molar-refractivity contribution in [3.63, 3.8) is 0 Å². The van der Waals surface area contributed by atoms with Gasteiger partial charge in [0.2, 0.25) is 5.91 Å². The number of hydrogen-bond donors (Lipinski definition) is 5. The van der Waals surface area contributed by atoms with E-state index in [4.69, 9.17) is 4.52 Å². The molecule has 4 rings (SSSR count). The highest BCUT2D eigenvalue weighted by Gasteiger charge is 2.41. The third kappa shape index (κ3) is 9.37. The first-order valence-electron chi connectivity index (χ1n) is 15.1. The summed E-state index contributed by atoms with van der Waals surface area (Å²) in [5.41, 5.74) is 0.997. The Morgan fingerprint density at radius 1 is 1.05 bits per heavy atom. The molecule has 2 aromatic rings. The number of carbonyl (C=O) groups is 2. The van der Waals surface area contributed by atoms with Gasteiger partial charge in [-0.05, 0) is 76.5 Å². The Bertz CT molecular complexity index is 1310. The van der Waals surface area contributed by atoms with E-state index in [0.29, 0.717) is 18.3 Å². The summed E-state index contributed by atoms with van der Waals surface area (Å²) in [6, 6.07) is 12.9. The number of hydrogen-bond acceptors (Lipinski definition) is 6. The summed E-state index contributed by atoms with van der Waals surface area (Å²) in [7, 11) is -4.82. The molecule has 43 heavy (non-hydrogen) atoms. The number of β-amino-alcohol motifs (C(OH)–C–C–N with tert-alkyl or cyclic N) is 1. The smallest absolute Gasteiger partial charge is 0.404 e. The quantitative estimate of drug-likeness (QED) is 0.252. The van der Waals surface area contributed by atoms with Crippen LogP contribution in [-0.4, -0.2) is 68.4 Å². The van der Waals surface area contributed by atoms with E-state index in [1.807, 2.05) is 51.1 Å². The van der Waals surface area contributed by atoms with Gasteiger partial charge in [0.15, 0.2) is 0 Å². The van der Waals surface area contributed by atoms with Crippen molar-refractivity contribution in [2.24, 2.45) is 11.8 Å². The van der Waals surface area contributed by atoms with Crippen LogP contribution in [-0.2, 0) is 15.8 Å². The first kappa shape index (κ1) is 33.1. The Hall–Kier alpha value is -2.75. The van der Waals surface area contributed by atoms with Crippen molar-refractivity contribution in [1.82, 2.24) is 15.5 Å². The lowest BCUT2D eigenvalue weighted by Crippen LogP contribution is -2.60. The molecule has 1 saturated carbocycles. The number of carbonyl (C=O) groups excluding carboxylic acids is 2. The van der Waals surface area contributed by atoms with Gasteiger partial charge in [0.1, 0.15) is 5.75 Å². The van der Waals surface area contributed by atoms with E-state index in [-0.39, 0.29) is 40.9 Å². The molecule has 1 saturated heterocycles. The van der Waals surface area contributed by atoms with Gasteiger partial charge in [-0.15, -0.1) is 0 Å². The molecule has 5 atom stereocenters. The van der Waals surface area contributed by atoms with E-state index in [0.717, 1.165) is 31.4 Å². The van der Waals surface area contributed by atoms with E-state index in [9.17, 15) is 29.0 Å². The van der Waals surface area contributed by atoms with Crippen LogP contribution in [0.5, 0.6) is 5.75 Å². The first-order chi connectivity index (χ1) is 20.2. The van der Waals surface area contributed by atoms with Gasteiger partial charge in [0.25, 0.3) is 5.91 Å². The Balaban J connectivity index is 1.57. The van der Waals surface area contributed by atoms with Crippen LogP contribution in [0.3, 0.4) is 0 Å². The molecule has 236 valence electrons. The zero-order valence-corrected chi connectivity index (χ0v) is 26.4. The third-order valence-corrected chi connectivity index (χ3v) is 8.98. The van der Waals surface area contributed by atoms with Crippen molar-refractivity contribution >= 4 is 19.6 Å². The Kier molecular flexibility index (Phi) is 10.7. The number of likely N-dealkylation sites (tertiary alicyclic amines) is 1. The third-order valence-electron chi connectivity index (χ3n) is 8.55. The normalized spacial score (nSPS) is 22.6. The summed E-state index contributed by atoms with van der Waals surface area (Å²) in [6.07, 6.45) is 4.70. The summed E-state index contributed by atoms with van der Waals surface area (Å²) in [5.74, 6) is 0.334. The predicted molar refractivity (Wildman–Crippen MR) is 165 cm³/mol. The molecule has 2 aliphatic rings. The molecule has 10 nitrogen and oxygen atoms in total. The van der Waals surface area contributed by atoms with Crippen LogP contribution >= 0.6 is 7.82 Å². The average Bonchev–Trinajstić information content (AvgIpc) is 2.92. The number of piperidine rings is 1. The maximum Gasteiger partial charge on any atom is 0.524 e. The molecule has 0 spiro atoms. The van der Waals surface area contributed by atoms with Gasteiger partial charge in [0.05, 0.1) is 18.2 Å². The van der Waals surface area contributed by atoms with Crippen molar-refractivity contribution in [3.05, 3.63) is 65.2 Å². The van der Waals surface area contributed by atoms with Crippen LogP contribution in [0.4, 0.5) is 0 Å². The summed E-state index contributed by atoms with van der Waals surface area (Å²) in [6.45, 7) is 8.37. The molecular weight excluding hydrogens is 569 g/mol. The number of rotatable bonds is 10. The van der Waals surface area contributed by atoms with E-state index in [1.165, 1.54) is 25.0 Å². The molecule has 4 unspecified atom stereocenters. The Morgan fingerprint density at radius 3 is 2.37 bits per heavy atom. The maximum absolute atomic E-state index is 13.5. The number of benzene rings is 2. The molecule has 2 fully saturated rings. The molecule has 0 aromatic heterocycles. The second-order valence-electron chi connectivity index (χ2n) is 13.1. The predicted octanol–water partition coefficient (Wildman–Crippen LogP) is 3.96. The number of aliphatic hydroxyl groups is 1. The highest BCUT2D eigenvalue weighted by Crippen LogP contribution is 2.40. The number of amides is 2. The van der Waals surface area contributed by atoms with Crippen molar-refractivity contribution in [2.45, 2.75) is 89.9 Å². The monoisotopic (exact) mass is 615 g/mol. The van der Waals surface area contributed by atoms with Gasteiger partial charge < -0.3 is 20.3 Å². The number of fused-ring (bicyclic) bond motifs is 1. The van der Waals surface area contributed by atoms with Crippen molar-refractivity contribution in [1.29, 1.82) is 0 Å². The van der Waals surface area contributed by atoms with Crippen LogP contribution in [0, 0.1) is 18.8 Å². The van der Waals surface area contributed by atoms with Crippen LogP contribution in [0.15, 0.2) is 48.5 Å². The Labute approximate surface area is 254 Å². The molecule has 0 radical (unpaired) electrons. The number of aliphatic hydroxyl groups excluding tert-OH is 1. The standard InChI is InChI=1S/C32H46N3O7P/c1-21-25(15-10-16-29(21)42-43(39,40)41)30(37)33-26(17-22-11-6-5-7-12-22)28(36)20-35-19-24-14-9-8-13-23(24)18-27(35)31(38)34-32(2,3)4/h5-7,10-12,15-16,23-24,26-28,36H,8-9,13-14,17-20H2,1-4H3,(H,33,37)(H,34,38)(H2,39,40,41)/t23?,24?,26?,27-,28?/m0/s1. The van der Waals surface area contributed by atoms with Crippen molar-refractivity contribution < 1.29 is 33.6 Å². The van der Waals surface area contributed by atoms with Gasteiger partial charge in [-0.3, -0.25) is 24.3 Å². The molecule has 5 N–H and O–H groups in total. The lowest BCUT2D eigenvalue weighted by atomic mass is 9.72. The molecule has 2 aromatic carbocycles. The summed E-state index contributed by atoms with van der Waals surface area (Å²) in [5, 5.41) is 17.8. The second-order valence-corrected chi connectivity index (χ2v) is 14.3. The van der Waals surface area contributed by atoms with Gasteiger partial charge in [-0.1, -0.05) is 55.7 Å². The molecule has 2 amide bonds. The van der Waals surface area contributed by atoms with Gasteiger partial charge in [-0.25, -0.2) is 4.57 Å². The fraction of sp³-hybridized carbons (Fsp3) is 0.562. The van der Waals surface area contributed by atoms with Gasteiger partial charge in [0, 0.05) is 29.8 Å². The lowest BCUT2D eigenvalue weighted by Gasteiger charge is -2.47. The maximum atomic E-state index is 13.5. The number of phosphoric acid groups is 1. The molecule has 11 heteroatoms. The average molecular weight is 616 g/mol. The minimum Gasteiger partial charge on any atom is -0.404 e. The van der Waals surface area contributed by atoms with Crippen LogP contribution < -0.4 is 15.2 Å². The van der Waals surface area contributed by atoms with Crippen molar-refractivity contribution in [3.8, 4) is 5.75 Å². The highest BCUT2D eigenvalue weighted by molar-refractivity contribution is 7.46. The van der Waals surface area contributed by atoms with E-state index < -0.39 is 25.9 Å². The van der Waals surface area contributed by atoms with Crippen LogP contribution in [0.1, 0.15) is 74.4 Å². The fourth-order valence-electron chi connectivity index (χ4n) is 6.48. The van der Waals surface area contributed by atoms with Crippen LogP contribution in [0.2, 0.25) is 0 Å². The van der Waals surface area contributed by atoms with Gasteiger partial charge in [-0.2, -0.15) is 0 Å². The molecular formula is C32H46N3O7P. The number of nitrogens with one attached hydrogen (secondary N) is 2. The van der Waals surface area contributed by atoms with E-state index >= 15 is 0 Å². The van der Waals surface area contributed by atoms with E-state index in [1.54, 1.807) is 13.0 Å². The first-order valence-corrected chi connectivity index (χ1v) is 16.7. The molecule has 1 aliphatic heterocycles. The van der Waals surface area contributed by atoms with Gasteiger partial charge >= 0.3 is 7.82 Å². The highest BCUT2D eigenvalue weighted by atomic mass is 31.2. The Morgan fingerprint density at radius 2 is 1.72 bits per heavy atom. The summed E-state index contributed by atoms with van der Waals surface area (Å²) >= 11 is 0. The second kappa shape index (κ2) is 13.9.